The van der Waals surface area contributed by atoms with Gasteiger partial charge in [-0.25, -0.2) is 4.79 Å². The minimum absolute atomic E-state index is 0.0000172. The third-order valence-electron chi connectivity index (χ3n) is 4.85. The van der Waals surface area contributed by atoms with Gasteiger partial charge in [-0.3, -0.25) is 9.69 Å². The van der Waals surface area contributed by atoms with Crippen LogP contribution in [0.25, 0.3) is 0 Å². The summed E-state index contributed by atoms with van der Waals surface area (Å²) in [4.78, 5) is 29.0. The van der Waals surface area contributed by atoms with E-state index in [9.17, 15) is 9.59 Å². The van der Waals surface area contributed by atoms with E-state index in [0.717, 1.165) is 32.1 Å². The van der Waals surface area contributed by atoms with Crippen LogP contribution in [0.5, 0.6) is 0 Å². The number of cyclic esters (lactones) is 1. The molecule has 2 amide bonds. The molecule has 0 N–H and O–H groups in total. The van der Waals surface area contributed by atoms with E-state index in [2.05, 4.69) is 6.92 Å². The first-order chi connectivity index (χ1) is 11.6. The molecule has 0 aliphatic carbocycles. The predicted octanol–water partition coefficient (Wildman–Crippen LogP) is 4.02. The fourth-order valence-electron chi connectivity index (χ4n) is 3.52. The molecular weight excluding hydrogens is 348 g/mol. The van der Waals surface area contributed by atoms with Crippen molar-refractivity contribution in [1.82, 2.24) is 9.80 Å². The number of hydrogen-bond acceptors (Lipinski definition) is 4. The zero-order chi connectivity index (χ0) is 17.1. The van der Waals surface area contributed by atoms with E-state index in [-0.39, 0.29) is 24.1 Å². The monoisotopic (exact) mass is 370 g/mol. The van der Waals surface area contributed by atoms with Gasteiger partial charge < -0.3 is 9.64 Å². The number of rotatable bonds is 5. The normalized spacial score (nSPS) is 22.1. The quantitative estimate of drug-likeness (QED) is 0.786. The Labute approximate surface area is 151 Å². The number of hydrogen-bond donors (Lipinski definition) is 0. The maximum Gasteiger partial charge on any atom is 0.410 e. The van der Waals surface area contributed by atoms with Crippen LogP contribution in [0.3, 0.4) is 0 Å². The summed E-state index contributed by atoms with van der Waals surface area (Å²) in [5, 5.41) is 2.36. The number of thiophene rings is 1. The Morgan fingerprint density at radius 3 is 2.79 bits per heavy atom. The van der Waals surface area contributed by atoms with Crippen LogP contribution in [0.15, 0.2) is 11.4 Å². The molecule has 1 unspecified atom stereocenters. The fraction of sp³-hybridized carbons (Fsp3) is 0.647. The minimum Gasteiger partial charge on any atom is -0.447 e. The summed E-state index contributed by atoms with van der Waals surface area (Å²) in [7, 11) is 0. The van der Waals surface area contributed by atoms with Crippen molar-refractivity contribution in [1.29, 1.82) is 0 Å². The Morgan fingerprint density at radius 1 is 1.42 bits per heavy atom. The van der Waals surface area contributed by atoms with E-state index in [1.165, 1.54) is 11.3 Å². The van der Waals surface area contributed by atoms with E-state index in [4.69, 9.17) is 16.3 Å². The lowest BCUT2D eigenvalue weighted by atomic mass is 10.00. The van der Waals surface area contributed by atoms with Gasteiger partial charge in [0.15, 0.2) is 0 Å². The van der Waals surface area contributed by atoms with Crippen molar-refractivity contribution in [2.45, 2.75) is 51.1 Å². The Kier molecular flexibility index (Phi) is 5.66. The van der Waals surface area contributed by atoms with Crippen molar-refractivity contribution in [3.05, 3.63) is 21.3 Å². The third kappa shape index (κ3) is 3.54. The van der Waals surface area contributed by atoms with Gasteiger partial charge in [-0.05, 0) is 30.7 Å². The Hall–Kier alpha value is -1.27. The van der Waals surface area contributed by atoms with Crippen molar-refractivity contribution < 1.29 is 14.3 Å². The largest absolute Gasteiger partial charge is 0.447 e. The molecule has 3 heterocycles. The summed E-state index contributed by atoms with van der Waals surface area (Å²) in [6.45, 7) is 3.97. The molecule has 0 spiro atoms. The molecule has 24 heavy (non-hydrogen) atoms. The molecule has 0 bridgehead atoms. The lowest BCUT2D eigenvalue weighted by molar-refractivity contribution is 0.0638. The standard InChI is InChI=1S/C17H23ClN2O3S/c1-2-3-4-13-11-23-17(22)20(13)12-5-8-19(9-6-12)16(21)15-14(18)7-10-24-15/h7,10,12-13H,2-6,8-9,11H2,1H3. The molecule has 2 aliphatic heterocycles. The summed E-state index contributed by atoms with van der Waals surface area (Å²) in [6, 6.07) is 2.12. The number of likely N-dealkylation sites (tertiary alicyclic amines) is 1. The first-order valence-corrected chi connectivity index (χ1v) is 9.85. The van der Waals surface area contributed by atoms with Crippen LogP contribution < -0.4 is 0 Å². The molecule has 2 saturated heterocycles. The summed E-state index contributed by atoms with van der Waals surface area (Å²) in [5.41, 5.74) is 0. The highest BCUT2D eigenvalue weighted by molar-refractivity contribution is 7.12. The molecule has 7 heteroatoms. The van der Waals surface area contributed by atoms with Gasteiger partial charge in [-0.2, -0.15) is 0 Å². The van der Waals surface area contributed by atoms with E-state index in [1.807, 2.05) is 15.2 Å². The number of piperidine rings is 1. The number of halogens is 1. The number of carbonyl (C=O) groups excluding carboxylic acids is 2. The number of unbranched alkanes of at least 4 members (excludes halogenated alkanes) is 1. The van der Waals surface area contributed by atoms with Crippen molar-refractivity contribution in [3.63, 3.8) is 0 Å². The average molecular weight is 371 g/mol. The number of amides is 2. The van der Waals surface area contributed by atoms with Crippen LogP contribution in [0.1, 0.15) is 48.7 Å². The Morgan fingerprint density at radius 2 is 2.17 bits per heavy atom. The van der Waals surface area contributed by atoms with Gasteiger partial charge in [0, 0.05) is 19.1 Å². The van der Waals surface area contributed by atoms with Crippen molar-refractivity contribution >= 4 is 34.9 Å². The average Bonchev–Trinajstić information content (AvgIpc) is 3.18. The van der Waals surface area contributed by atoms with Gasteiger partial charge in [0.2, 0.25) is 0 Å². The van der Waals surface area contributed by atoms with Crippen LogP contribution in [-0.2, 0) is 4.74 Å². The molecule has 0 saturated carbocycles. The van der Waals surface area contributed by atoms with E-state index in [0.29, 0.717) is 29.6 Å². The van der Waals surface area contributed by atoms with Crippen LogP contribution in [0.4, 0.5) is 4.79 Å². The Bertz CT molecular complexity index is 598. The highest BCUT2D eigenvalue weighted by Gasteiger charge is 2.39. The maximum absolute atomic E-state index is 12.5. The Balaban J connectivity index is 1.59. The van der Waals surface area contributed by atoms with E-state index >= 15 is 0 Å². The molecule has 5 nitrogen and oxygen atoms in total. The summed E-state index contributed by atoms with van der Waals surface area (Å²) in [5.74, 6) is -0.0000172. The van der Waals surface area contributed by atoms with Gasteiger partial charge in [0.05, 0.1) is 11.1 Å². The lowest BCUT2D eigenvalue weighted by Gasteiger charge is -2.37. The molecule has 0 aromatic carbocycles. The van der Waals surface area contributed by atoms with Crippen LogP contribution in [-0.4, -0.2) is 53.6 Å². The van der Waals surface area contributed by atoms with Crippen LogP contribution in [0.2, 0.25) is 5.02 Å². The van der Waals surface area contributed by atoms with Crippen molar-refractivity contribution in [2.24, 2.45) is 0 Å². The molecule has 2 fully saturated rings. The predicted molar refractivity (Wildman–Crippen MR) is 94.8 cm³/mol. The fourth-order valence-corrected chi connectivity index (χ4v) is 4.62. The summed E-state index contributed by atoms with van der Waals surface area (Å²) < 4.78 is 5.27. The molecule has 1 aromatic rings. The number of carbonyl (C=O) groups is 2. The van der Waals surface area contributed by atoms with Gasteiger partial charge in [-0.15, -0.1) is 11.3 Å². The minimum atomic E-state index is -0.192. The van der Waals surface area contributed by atoms with Gasteiger partial charge in [-0.1, -0.05) is 31.4 Å². The molecular formula is C17H23ClN2O3S. The molecule has 132 valence electrons. The topological polar surface area (TPSA) is 49.9 Å². The van der Waals surface area contributed by atoms with Crippen LogP contribution in [0, 0.1) is 0 Å². The number of ether oxygens (including phenoxy) is 1. The smallest absolute Gasteiger partial charge is 0.410 e. The maximum atomic E-state index is 12.5. The highest BCUT2D eigenvalue weighted by Crippen LogP contribution is 2.29. The second kappa shape index (κ2) is 7.74. The summed E-state index contributed by atoms with van der Waals surface area (Å²) >= 11 is 7.45. The van der Waals surface area contributed by atoms with Crippen molar-refractivity contribution in [3.8, 4) is 0 Å². The lowest BCUT2D eigenvalue weighted by Crippen LogP contribution is -2.49. The number of nitrogens with zero attached hydrogens (tertiary/aromatic N) is 2. The zero-order valence-electron chi connectivity index (χ0n) is 13.9. The molecule has 2 aliphatic rings. The second-order valence-corrected chi connectivity index (χ2v) is 7.72. The molecule has 3 rings (SSSR count). The SMILES string of the molecule is CCCCC1COC(=O)N1C1CCN(C(=O)c2sccc2Cl)CC1. The third-order valence-corrected chi connectivity index (χ3v) is 6.18. The first-order valence-electron chi connectivity index (χ1n) is 8.59. The van der Waals surface area contributed by atoms with Crippen molar-refractivity contribution in [2.75, 3.05) is 19.7 Å². The molecule has 1 atom stereocenters. The van der Waals surface area contributed by atoms with Gasteiger partial charge in [0.25, 0.3) is 5.91 Å². The zero-order valence-corrected chi connectivity index (χ0v) is 15.4. The van der Waals surface area contributed by atoms with Gasteiger partial charge >= 0.3 is 6.09 Å². The van der Waals surface area contributed by atoms with E-state index < -0.39 is 0 Å². The molecule has 0 radical (unpaired) electrons. The summed E-state index contributed by atoms with van der Waals surface area (Å²) in [6.07, 6.45) is 4.62. The molecule has 1 aromatic heterocycles. The van der Waals surface area contributed by atoms with E-state index in [1.54, 1.807) is 6.07 Å². The van der Waals surface area contributed by atoms with Gasteiger partial charge in [0.1, 0.15) is 11.5 Å². The first kappa shape index (κ1) is 17.5. The highest BCUT2D eigenvalue weighted by atomic mass is 35.5. The second-order valence-electron chi connectivity index (χ2n) is 6.40. The van der Waals surface area contributed by atoms with Crippen LogP contribution >= 0.6 is 22.9 Å².